The third-order valence-electron chi connectivity index (χ3n) is 1.58. The third-order valence-corrected chi connectivity index (χ3v) is 1.83. The molecule has 1 aromatic rings. The largest absolute Gasteiger partial charge is 0.0912 e. The summed E-state index contributed by atoms with van der Waals surface area (Å²) in [6.45, 7) is 5.89. The van der Waals surface area contributed by atoms with Crippen LogP contribution < -0.4 is 0 Å². The Labute approximate surface area is 78.2 Å². The average molecular weight is 179 g/mol. The van der Waals surface area contributed by atoms with Crippen LogP contribution in [0, 0.1) is 0 Å². The van der Waals surface area contributed by atoms with Gasteiger partial charge in [0.05, 0.1) is 0 Å². The molecule has 0 unspecified atom stereocenters. The van der Waals surface area contributed by atoms with Crippen molar-refractivity contribution in [2.45, 2.75) is 6.92 Å². The van der Waals surface area contributed by atoms with Crippen LogP contribution in [0.2, 0.25) is 5.02 Å². The number of hydrogen-bond acceptors (Lipinski definition) is 0. The zero-order valence-corrected chi connectivity index (χ0v) is 7.81. The Balaban J connectivity index is 2.90. The van der Waals surface area contributed by atoms with Crippen LogP contribution in [0.4, 0.5) is 0 Å². The molecule has 0 aromatic heterocycles. The van der Waals surface area contributed by atoms with Crippen LogP contribution in [-0.2, 0) is 0 Å². The molecule has 0 spiro atoms. The Morgan fingerprint density at radius 1 is 1.33 bits per heavy atom. The monoisotopic (exact) mass is 178 g/mol. The summed E-state index contributed by atoms with van der Waals surface area (Å²) in [5.41, 5.74) is 2.12. The van der Waals surface area contributed by atoms with E-state index in [0.717, 1.165) is 16.2 Å². The van der Waals surface area contributed by atoms with Gasteiger partial charge in [0.2, 0.25) is 0 Å². The molecule has 0 atom stereocenters. The van der Waals surface area contributed by atoms with Gasteiger partial charge in [-0.05, 0) is 30.2 Å². The molecule has 0 nitrogen and oxygen atoms in total. The smallest absolute Gasteiger partial charge is 0.0406 e. The number of rotatable bonds is 2. The van der Waals surface area contributed by atoms with Gasteiger partial charge >= 0.3 is 0 Å². The van der Waals surface area contributed by atoms with Gasteiger partial charge in [-0.15, -0.1) is 0 Å². The van der Waals surface area contributed by atoms with Crippen molar-refractivity contribution in [2.24, 2.45) is 0 Å². The SMILES string of the molecule is C=C(/C=C\C)c1ccc(Cl)cc1. The summed E-state index contributed by atoms with van der Waals surface area (Å²) in [7, 11) is 0. The van der Waals surface area contributed by atoms with Crippen molar-refractivity contribution < 1.29 is 0 Å². The van der Waals surface area contributed by atoms with E-state index in [1.54, 1.807) is 0 Å². The summed E-state index contributed by atoms with van der Waals surface area (Å²) in [6, 6.07) is 7.66. The topological polar surface area (TPSA) is 0 Å². The van der Waals surface area contributed by atoms with Gasteiger partial charge in [0.15, 0.2) is 0 Å². The van der Waals surface area contributed by atoms with Gasteiger partial charge in [-0.25, -0.2) is 0 Å². The molecule has 0 saturated carbocycles. The molecule has 0 amide bonds. The standard InChI is InChI=1S/C11H11Cl/c1-3-4-9(2)10-5-7-11(12)8-6-10/h3-8H,2H2,1H3/b4-3-. The molecule has 0 aliphatic heterocycles. The van der Waals surface area contributed by atoms with Gasteiger partial charge in [0, 0.05) is 5.02 Å². The molecule has 1 rings (SSSR count). The minimum absolute atomic E-state index is 0.757. The summed E-state index contributed by atoms with van der Waals surface area (Å²) < 4.78 is 0. The molecule has 0 N–H and O–H groups in total. The lowest BCUT2D eigenvalue weighted by atomic mass is 10.1. The molecule has 0 aliphatic carbocycles. The van der Waals surface area contributed by atoms with Gasteiger partial charge < -0.3 is 0 Å². The van der Waals surface area contributed by atoms with Crippen LogP contribution in [0.15, 0.2) is 43.0 Å². The van der Waals surface area contributed by atoms with E-state index in [4.69, 9.17) is 11.6 Å². The lowest BCUT2D eigenvalue weighted by Crippen LogP contribution is -1.76. The van der Waals surface area contributed by atoms with Crippen LogP contribution in [-0.4, -0.2) is 0 Å². The normalized spacial score (nSPS) is 10.5. The molecular weight excluding hydrogens is 168 g/mol. The van der Waals surface area contributed by atoms with E-state index < -0.39 is 0 Å². The fraction of sp³-hybridized carbons (Fsp3) is 0.0909. The molecular formula is C11H11Cl. The van der Waals surface area contributed by atoms with Crippen LogP contribution in [0.5, 0.6) is 0 Å². The Kier molecular flexibility index (Phi) is 3.12. The first-order valence-corrected chi connectivity index (χ1v) is 4.19. The fourth-order valence-corrected chi connectivity index (χ4v) is 1.09. The zero-order valence-electron chi connectivity index (χ0n) is 7.05. The molecule has 1 heteroatoms. The summed E-state index contributed by atoms with van der Waals surface area (Å²) >= 11 is 5.75. The third kappa shape index (κ3) is 2.24. The predicted octanol–water partition coefficient (Wildman–Crippen LogP) is 3.93. The maximum Gasteiger partial charge on any atom is 0.0406 e. The second-order valence-corrected chi connectivity index (χ2v) is 2.97. The van der Waals surface area contributed by atoms with Crippen molar-refractivity contribution in [1.29, 1.82) is 0 Å². The van der Waals surface area contributed by atoms with E-state index in [-0.39, 0.29) is 0 Å². The van der Waals surface area contributed by atoms with Gasteiger partial charge in [-0.3, -0.25) is 0 Å². The first-order valence-electron chi connectivity index (χ1n) is 3.81. The number of hydrogen-bond donors (Lipinski definition) is 0. The second-order valence-electron chi connectivity index (χ2n) is 2.53. The minimum atomic E-state index is 0.757. The summed E-state index contributed by atoms with van der Waals surface area (Å²) in [4.78, 5) is 0. The Morgan fingerprint density at radius 2 is 1.92 bits per heavy atom. The molecule has 1 aromatic carbocycles. The lowest BCUT2D eigenvalue weighted by molar-refractivity contribution is 1.62. The van der Waals surface area contributed by atoms with Gasteiger partial charge in [0.25, 0.3) is 0 Å². The first kappa shape index (κ1) is 9.08. The van der Waals surface area contributed by atoms with Crippen molar-refractivity contribution in [3.63, 3.8) is 0 Å². The number of halogens is 1. The fourth-order valence-electron chi connectivity index (χ4n) is 0.961. The quantitative estimate of drug-likeness (QED) is 0.602. The number of allylic oxidation sites excluding steroid dienone is 3. The Hall–Kier alpha value is -1.01. The second kappa shape index (κ2) is 4.13. The summed E-state index contributed by atoms with van der Waals surface area (Å²) in [5.74, 6) is 0. The molecule has 12 heavy (non-hydrogen) atoms. The Morgan fingerprint density at radius 3 is 2.42 bits per heavy atom. The van der Waals surface area contributed by atoms with Crippen molar-refractivity contribution in [3.8, 4) is 0 Å². The van der Waals surface area contributed by atoms with Gasteiger partial charge in [0.1, 0.15) is 0 Å². The highest BCUT2D eigenvalue weighted by Crippen LogP contribution is 2.16. The number of benzene rings is 1. The maximum absolute atomic E-state index is 5.75. The van der Waals surface area contributed by atoms with Gasteiger partial charge in [-0.1, -0.05) is 42.5 Å². The first-order chi connectivity index (χ1) is 5.74. The minimum Gasteiger partial charge on any atom is -0.0912 e. The highest BCUT2D eigenvalue weighted by atomic mass is 35.5. The van der Waals surface area contributed by atoms with Crippen molar-refractivity contribution in [3.05, 3.63) is 53.6 Å². The molecule has 0 bridgehead atoms. The van der Waals surface area contributed by atoms with Crippen molar-refractivity contribution in [1.82, 2.24) is 0 Å². The van der Waals surface area contributed by atoms with E-state index in [1.165, 1.54) is 0 Å². The molecule has 0 aliphatic rings. The van der Waals surface area contributed by atoms with E-state index in [2.05, 4.69) is 6.58 Å². The lowest BCUT2D eigenvalue weighted by Gasteiger charge is -1.99. The van der Waals surface area contributed by atoms with Crippen LogP contribution in [0.25, 0.3) is 5.57 Å². The van der Waals surface area contributed by atoms with Gasteiger partial charge in [-0.2, -0.15) is 0 Å². The van der Waals surface area contributed by atoms with E-state index in [9.17, 15) is 0 Å². The van der Waals surface area contributed by atoms with E-state index in [0.29, 0.717) is 0 Å². The summed E-state index contributed by atoms with van der Waals surface area (Å²) in [6.07, 6.45) is 3.94. The molecule has 0 fully saturated rings. The van der Waals surface area contributed by atoms with Crippen LogP contribution >= 0.6 is 11.6 Å². The van der Waals surface area contributed by atoms with Crippen molar-refractivity contribution >= 4 is 17.2 Å². The van der Waals surface area contributed by atoms with E-state index in [1.807, 2.05) is 43.3 Å². The van der Waals surface area contributed by atoms with E-state index >= 15 is 0 Å². The summed E-state index contributed by atoms with van der Waals surface area (Å²) in [5, 5.41) is 0.757. The Bertz CT molecular complexity index is 293. The molecule has 0 radical (unpaired) electrons. The molecule has 0 saturated heterocycles. The predicted molar refractivity (Wildman–Crippen MR) is 55.3 cm³/mol. The maximum atomic E-state index is 5.75. The highest BCUT2D eigenvalue weighted by Gasteiger charge is 1.93. The average Bonchev–Trinajstić information content (AvgIpc) is 2.06. The molecule has 0 heterocycles. The van der Waals surface area contributed by atoms with Crippen LogP contribution in [0.1, 0.15) is 12.5 Å². The van der Waals surface area contributed by atoms with Crippen molar-refractivity contribution in [2.75, 3.05) is 0 Å². The van der Waals surface area contributed by atoms with Crippen LogP contribution in [0.3, 0.4) is 0 Å². The molecule has 62 valence electrons. The zero-order chi connectivity index (χ0) is 8.97. The highest BCUT2D eigenvalue weighted by molar-refractivity contribution is 6.30.